The Hall–Kier alpha value is -1.51. The molecule has 0 radical (unpaired) electrons. The van der Waals surface area contributed by atoms with Gasteiger partial charge in [-0.2, -0.15) is 5.26 Å². The summed E-state index contributed by atoms with van der Waals surface area (Å²) in [6.45, 7) is 0. The van der Waals surface area contributed by atoms with Gasteiger partial charge in [0.05, 0.1) is 16.9 Å². The molecule has 0 spiro atoms. The van der Waals surface area contributed by atoms with E-state index in [0.29, 0.717) is 21.4 Å². The van der Waals surface area contributed by atoms with Crippen molar-refractivity contribution in [3.05, 3.63) is 52.3 Å². The molecule has 0 aromatic heterocycles. The molecule has 2 rings (SSSR count). The third-order valence-electron chi connectivity index (χ3n) is 2.56. The van der Waals surface area contributed by atoms with E-state index in [-0.39, 0.29) is 5.82 Å². The number of nitrogens with zero attached hydrogens (tertiary/aromatic N) is 1. The van der Waals surface area contributed by atoms with Crippen LogP contribution in [0.1, 0.15) is 5.56 Å². The fraction of sp³-hybridized carbons (Fsp3) is 0.0714. The number of hydrogen-bond donors (Lipinski definition) is 1. The Bertz CT molecular complexity index is 652. The molecule has 96 valence electrons. The molecule has 0 aliphatic carbocycles. The number of thioether (sulfide) groups is 1. The smallest absolute Gasteiger partial charge is 0.147 e. The van der Waals surface area contributed by atoms with E-state index in [9.17, 15) is 9.65 Å². The topological polar surface area (TPSA) is 35.8 Å². The van der Waals surface area contributed by atoms with Crippen LogP contribution in [0.15, 0.2) is 45.8 Å². The lowest BCUT2D eigenvalue weighted by Crippen LogP contribution is -1.97. The van der Waals surface area contributed by atoms with Crippen molar-refractivity contribution >= 4 is 39.1 Å². The van der Waals surface area contributed by atoms with Gasteiger partial charge in [0.1, 0.15) is 11.9 Å². The van der Waals surface area contributed by atoms with Crippen LogP contribution in [0, 0.1) is 17.1 Å². The molecular weight excluding hydrogens is 327 g/mol. The summed E-state index contributed by atoms with van der Waals surface area (Å²) in [5.41, 5.74) is 1.48. The molecule has 0 aliphatic heterocycles. The zero-order valence-electron chi connectivity index (χ0n) is 10.1. The van der Waals surface area contributed by atoms with Crippen LogP contribution >= 0.6 is 27.7 Å². The maximum Gasteiger partial charge on any atom is 0.147 e. The zero-order valence-corrected chi connectivity index (χ0v) is 12.5. The molecular formula is C14H10BrFN2S. The van der Waals surface area contributed by atoms with Crippen LogP contribution in [0.5, 0.6) is 0 Å². The highest BCUT2D eigenvalue weighted by Gasteiger charge is 2.09. The third kappa shape index (κ3) is 3.09. The van der Waals surface area contributed by atoms with Crippen molar-refractivity contribution in [2.24, 2.45) is 0 Å². The largest absolute Gasteiger partial charge is 0.352 e. The van der Waals surface area contributed by atoms with Crippen molar-refractivity contribution in [3.8, 4) is 6.07 Å². The molecule has 0 heterocycles. The average molecular weight is 337 g/mol. The Labute approximate surface area is 123 Å². The van der Waals surface area contributed by atoms with Gasteiger partial charge in [0, 0.05) is 9.37 Å². The van der Waals surface area contributed by atoms with Gasteiger partial charge in [-0.15, -0.1) is 11.8 Å². The second-order valence-corrected chi connectivity index (χ2v) is 5.51. The van der Waals surface area contributed by atoms with E-state index in [1.807, 2.05) is 18.4 Å². The molecule has 0 saturated carbocycles. The normalized spacial score (nSPS) is 10.0. The van der Waals surface area contributed by atoms with Gasteiger partial charge in [0.2, 0.25) is 0 Å². The number of benzene rings is 2. The maximum atomic E-state index is 13.8. The second kappa shape index (κ2) is 6.09. The van der Waals surface area contributed by atoms with Crippen LogP contribution in [0.2, 0.25) is 0 Å². The van der Waals surface area contributed by atoms with Gasteiger partial charge in [-0.05, 0) is 36.6 Å². The number of halogens is 2. The van der Waals surface area contributed by atoms with Gasteiger partial charge in [-0.25, -0.2) is 4.39 Å². The molecule has 5 heteroatoms. The number of nitrogens with one attached hydrogen (secondary N) is 1. The Morgan fingerprint density at radius 2 is 2.05 bits per heavy atom. The summed E-state index contributed by atoms with van der Waals surface area (Å²) < 4.78 is 14.4. The molecule has 0 bridgehead atoms. The Balaban J connectivity index is 2.41. The predicted molar refractivity (Wildman–Crippen MR) is 80.3 cm³/mol. The van der Waals surface area contributed by atoms with E-state index < -0.39 is 0 Å². The Kier molecular flexibility index (Phi) is 4.46. The molecule has 0 aliphatic rings. The highest BCUT2D eigenvalue weighted by atomic mass is 79.9. The first-order chi connectivity index (χ1) is 9.15. The average Bonchev–Trinajstić information content (AvgIpc) is 2.41. The number of hydrogen-bond acceptors (Lipinski definition) is 3. The molecule has 2 aromatic rings. The molecule has 0 amide bonds. The van der Waals surface area contributed by atoms with Crippen molar-refractivity contribution < 1.29 is 4.39 Å². The minimum atomic E-state index is -0.368. The van der Waals surface area contributed by atoms with E-state index in [0.717, 1.165) is 4.90 Å². The molecule has 19 heavy (non-hydrogen) atoms. The van der Waals surface area contributed by atoms with Gasteiger partial charge in [0.15, 0.2) is 0 Å². The summed E-state index contributed by atoms with van der Waals surface area (Å²) in [6, 6.07) is 12.4. The first kappa shape index (κ1) is 13.9. The molecule has 1 N–H and O–H groups in total. The summed E-state index contributed by atoms with van der Waals surface area (Å²) in [5.74, 6) is -0.368. The van der Waals surface area contributed by atoms with Crippen molar-refractivity contribution in [2.75, 3.05) is 11.6 Å². The van der Waals surface area contributed by atoms with Crippen LogP contribution < -0.4 is 5.32 Å². The van der Waals surface area contributed by atoms with Gasteiger partial charge >= 0.3 is 0 Å². The van der Waals surface area contributed by atoms with Crippen LogP contribution in [0.3, 0.4) is 0 Å². The standard InChI is InChI=1S/C14H10BrFN2S/c1-19-14-4-2-3-12(10(14)8-17)18-13-6-5-9(15)7-11(13)16/h2-7,18H,1H3. The minimum absolute atomic E-state index is 0.345. The SMILES string of the molecule is CSc1cccc(Nc2ccc(Br)cc2F)c1C#N. The third-order valence-corrected chi connectivity index (χ3v) is 3.83. The Morgan fingerprint density at radius 3 is 2.68 bits per heavy atom. The maximum absolute atomic E-state index is 13.8. The van der Waals surface area contributed by atoms with Gasteiger partial charge in [-0.1, -0.05) is 22.0 Å². The number of anilines is 2. The molecule has 0 fully saturated rings. The van der Waals surface area contributed by atoms with Crippen LogP contribution in [0.25, 0.3) is 0 Å². The van der Waals surface area contributed by atoms with Crippen LogP contribution in [-0.4, -0.2) is 6.26 Å². The molecule has 2 nitrogen and oxygen atoms in total. The lowest BCUT2D eigenvalue weighted by molar-refractivity contribution is 0.631. The molecule has 0 saturated heterocycles. The highest BCUT2D eigenvalue weighted by Crippen LogP contribution is 2.30. The van der Waals surface area contributed by atoms with Gasteiger partial charge < -0.3 is 5.32 Å². The highest BCUT2D eigenvalue weighted by molar-refractivity contribution is 9.10. The fourth-order valence-electron chi connectivity index (χ4n) is 1.66. The lowest BCUT2D eigenvalue weighted by Gasteiger charge is -2.11. The van der Waals surface area contributed by atoms with Crippen molar-refractivity contribution in [1.29, 1.82) is 5.26 Å². The number of nitriles is 1. The fourth-order valence-corrected chi connectivity index (χ4v) is 2.56. The zero-order chi connectivity index (χ0) is 13.8. The minimum Gasteiger partial charge on any atom is -0.352 e. The summed E-state index contributed by atoms with van der Waals surface area (Å²) in [5, 5.41) is 12.2. The summed E-state index contributed by atoms with van der Waals surface area (Å²) in [4.78, 5) is 0.866. The van der Waals surface area contributed by atoms with Crippen molar-refractivity contribution in [1.82, 2.24) is 0 Å². The van der Waals surface area contributed by atoms with E-state index in [4.69, 9.17) is 0 Å². The first-order valence-electron chi connectivity index (χ1n) is 5.45. The van der Waals surface area contributed by atoms with Gasteiger partial charge in [-0.3, -0.25) is 0 Å². The molecule has 0 atom stereocenters. The first-order valence-corrected chi connectivity index (χ1v) is 7.46. The van der Waals surface area contributed by atoms with E-state index in [1.54, 1.807) is 18.2 Å². The number of rotatable bonds is 3. The second-order valence-electron chi connectivity index (χ2n) is 3.74. The summed E-state index contributed by atoms with van der Waals surface area (Å²) in [7, 11) is 0. The summed E-state index contributed by atoms with van der Waals surface area (Å²) in [6.07, 6.45) is 1.90. The Morgan fingerprint density at radius 1 is 1.26 bits per heavy atom. The molecule has 0 unspecified atom stereocenters. The van der Waals surface area contributed by atoms with Crippen LogP contribution in [-0.2, 0) is 0 Å². The predicted octanol–water partition coefficient (Wildman–Crippen LogP) is 4.93. The lowest BCUT2D eigenvalue weighted by atomic mass is 10.2. The monoisotopic (exact) mass is 336 g/mol. The quantitative estimate of drug-likeness (QED) is 0.807. The van der Waals surface area contributed by atoms with Crippen LogP contribution in [0.4, 0.5) is 15.8 Å². The van der Waals surface area contributed by atoms with Gasteiger partial charge in [0.25, 0.3) is 0 Å². The summed E-state index contributed by atoms with van der Waals surface area (Å²) >= 11 is 4.70. The molecule has 2 aromatic carbocycles. The van der Waals surface area contributed by atoms with E-state index in [1.165, 1.54) is 17.8 Å². The van der Waals surface area contributed by atoms with Crippen molar-refractivity contribution in [2.45, 2.75) is 4.90 Å². The van der Waals surface area contributed by atoms with E-state index >= 15 is 0 Å². The van der Waals surface area contributed by atoms with E-state index in [2.05, 4.69) is 27.3 Å². The van der Waals surface area contributed by atoms with Crippen molar-refractivity contribution in [3.63, 3.8) is 0 Å².